The van der Waals surface area contributed by atoms with Gasteiger partial charge in [0.15, 0.2) is 5.13 Å². The van der Waals surface area contributed by atoms with Crippen LogP contribution in [-0.2, 0) is 19.6 Å². The van der Waals surface area contributed by atoms with E-state index in [1.165, 1.54) is 7.11 Å². The average Bonchev–Trinajstić information content (AvgIpc) is 2.74. The summed E-state index contributed by atoms with van der Waals surface area (Å²) in [4.78, 5) is 10.7. The van der Waals surface area contributed by atoms with Crippen molar-refractivity contribution in [2.24, 2.45) is 0 Å². The van der Waals surface area contributed by atoms with Gasteiger partial charge in [0.2, 0.25) is 10.0 Å². The summed E-state index contributed by atoms with van der Waals surface area (Å²) in [6, 6.07) is 1.22. The number of carboxylic acids is 1. The summed E-state index contributed by atoms with van der Waals surface area (Å²) in [6.45, 7) is 1.55. The Balaban J connectivity index is 2.91. The Hall–Kier alpha value is -1.03. The molecule has 0 aliphatic carbocycles. The molecule has 0 aliphatic heterocycles. The first-order chi connectivity index (χ1) is 8.76. The molecule has 0 bridgehead atoms. The Labute approximate surface area is 114 Å². The summed E-state index contributed by atoms with van der Waals surface area (Å²) in [7, 11) is -2.61. The lowest BCUT2D eigenvalue weighted by atomic mass is 10.1. The van der Waals surface area contributed by atoms with Crippen LogP contribution in [-0.4, -0.2) is 38.7 Å². The number of hydrogen-bond acceptors (Lipinski definition) is 5. The van der Waals surface area contributed by atoms with Gasteiger partial charge in [-0.2, -0.15) is 4.39 Å². The number of ether oxygens (including phenoxy) is 1. The van der Waals surface area contributed by atoms with Gasteiger partial charge in [0.05, 0.1) is 18.6 Å². The first kappa shape index (κ1) is 16.0. The highest BCUT2D eigenvalue weighted by Gasteiger charge is 2.27. The van der Waals surface area contributed by atoms with Crippen LogP contribution in [0.2, 0.25) is 0 Å². The van der Waals surface area contributed by atoms with E-state index in [1.54, 1.807) is 6.92 Å². The second-order valence-corrected chi connectivity index (χ2v) is 6.80. The van der Waals surface area contributed by atoms with Crippen LogP contribution < -0.4 is 4.72 Å². The zero-order chi connectivity index (χ0) is 14.6. The van der Waals surface area contributed by atoms with E-state index in [0.717, 1.165) is 12.1 Å². The standard InChI is InChI=1S/C10H14FNO5S2/c1-6(17-2)7(5-9(13)14)12-19(15,16)10-4-3-8(11)18-10/h3-4,6-7,12H,5H2,1-2H3,(H,13,14)/t6-,7-/m1/s1. The van der Waals surface area contributed by atoms with Gasteiger partial charge in [-0.05, 0) is 19.1 Å². The van der Waals surface area contributed by atoms with Gasteiger partial charge in [0, 0.05) is 7.11 Å². The van der Waals surface area contributed by atoms with Crippen LogP contribution in [0, 0.1) is 5.13 Å². The fraction of sp³-hybridized carbons (Fsp3) is 0.500. The van der Waals surface area contributed by atoms with Crippen LogP contribution in [0.25, 0.3) is 0 Å². The minimum Gasteiger partial charge on any atom is -0.481 e. The molecule has 2 N–H and O–H groups in total. The molecule has 1 aromatic rings. The van der Waals surface area contributed by atoms with Gasteiger partial charge >= 0.3 is 5.97 Å². The Morgan fingerprint density at radius 2 is 2.21 bits per heavy atom. The van der Waals surface area contributed by atoms with E-state index in [-0.39, 0.29) is 4.21 Å². The van der Waals surface area contributed by atoms with Crippen LogP contribution in [0.4, 0.5) is 4.39 Å². The largest absolute Gasteiger partial charge is 0.481 e. The smallest absolute Gasteiger partial charge is 0.305 e. The number of methoxy groups -OCH3 is 1. The Morgan fingerprint density at radius 1 is 1.58 bits per heavy atom. The van der Waals surface area contributed by atoms with E-state index in [9.17, 15) is 17.6 Å². The molecule has 0 saturated carbocycles. The van der Waals surface area contributed by atoms with Crippen molar-refractivity contribution >= 4 is 27.3 Å². The Bertz CT molecular complexity index is 542. The minimum absolute atomic E-state index is 0.205. The topological polar surface area (TPSA) is 92.7 Å². The van der Waals surface area contributed by atoms with Gasteiger partial charge < -0.3 is 9.84 Å². The number of halogens is 1. The molecule has 0 amide bonds. The maximum absolute atomic E-state index is 12.8. The highest BCUT2D eigenvalue weighted by atomic mass is 32.2. The van der Waals surface area contributed by atoms with E-state index in [1.807, 2.05) is 0 Å². The van der Waals surface area contributed by atoms with E-state index in [2.05, 4.69) is 4.72 Å². The third-order valence-corrected chi connectivity index (χ3v) is 5.31. The van der Waals surface area contributed by atoms with Crippen molar-refractivity contribution < 1.29 is 27.4 Å². The first-order valence-electron chi connectivity index (χ1n) is 5.28. The number of rotatable bonds is 7. The molecule has 1 aromatic heterocycles. The number of carboxylic acid groups (broad SMARTS) is 1. The SMILES string of the molecule is CO[C@H](C)[C@@H](CC(=O)O)NS(=O)(=O)c1ccc(F)s1. The highest BCUT2D eigenvalue weighted by Crippen LogP contribution is 2.20. The lowest BCUT2D eigenvalue weighted by Crippen LogP contribution is -2.44. The highest BCUT2D eigenvalue weighted by molar-refractivity contribution is 7.91. The van der Waals surface area contributed by atoms with Crippen LogP contribution >= 0.6 is 11.3 Å². The summed E-state index contributed by atoms with van der Waals surface area (Å²) < 4.78 is 43.7. The van der Waals surface area contributed by atoms with Crippen LogP contribution in [0.15, 0.2) is 16.3 Å². The van der Waals surface area contributed by atoms with Crippen molar-refractivity contribution in [2.75, 3.05) is 7.11 Å². The van der Waals surface area contributed by atoms with Crippen molar-refractivity contribution in [1.29, 1.82) is 0 Å². The maximum Gasteiger partial charge on any atom is 0.305 e. The Kier molecular flexibility index (Phi) is 5.41. The molecule has 9 heteroatoms. The van der Waals surface area contributed by atoms with Gasteiger partial charge in [-0.25, -0.2) is 13.1 Å². The summed E-state index contributed by atoms with van der Waals surface area (Å²) >= 11 is 0.469. The van der Waals surface area contributed by atoms with Crippen molar-refractivity contribution in [3.63, 3.8) is 0 Å². The molecule has 0 fully saturated rings. The fourth-order valence-corrected chi connectivity index (χ4v) is 3.68. The number of thiophene rings is 1. The third kappa shape index (κ3) is 4.53. The number of hydrogen-bond donors (Lipinski definition) is 2. The van der Waals surface area contributed by atoms with E-state index in [4.69, 9.17) is 9.84 Å². The summed E-state index contributed by atoms with van der Waals surface area (Å²) in [5.41, 5.74) is 0. The lowest BCUT2D eigenvalue weighted by Gasteiger charge is -2.21. The van der Waals surface area contributed by atoms with Gasteiger partial charge in [-0.3, -0.25) is 4.79 Å². The van der Waals surface area contributed by atoms with Crippen molar-refractivity contribution in [3.8, 4) is 0 Å². The van der Waals surface area contributed by atoms with Gasteiger partial charge in [-0.15, -0.1) is 0 Å². The van der Waals surface area contributed by atoms with Crippen molar-refractivity contribution in [3.05, 3.63) is 17.3 Å². The molecule has 1 heterocycles. The Morgan fingerprint density at radius 3 is 2.63 bits per heavy atom. The first-order valence-corrected chi connectivity index (χ1v) is 7.58. The predicted molar refractivity (Wildman–Crippen MR) is 67.1 cm³/mol. The summed E-state index contributed by atoms with van der Waals surface area (Å²) in [6.07, 6.45) is -1.06. The molecule has 2 atom stereocenters. The molecule has 6 nitrogen and oxygen atoms in total. The van der Waals surface area contributed by atoms with Gasteiger partial charge in [0.25, 0.3) is 0 Å². The second kappa shape index (κ2) is 6.42. The normalized spacial score (nSPS) is 15.1. The lowest BCUT2D eigenvalue weighted by molar-refractivity contribution is -0.138. The van der Waals surface area contributed by atoms with Crippen LogP contribution in [0.1, 0.15) is 13.3 Å². The molecule has 0 unspecified atom stereocenters. The molecule has 0 saturated heterocycles. The number of sulfonamides is 1. The number of aliphatic carboxylic acids is 1. The molecule has 0 aromatic carbocycles. The minimum atomic E-state index is -3.95. The summed E-state index contributed by atoms with van der Waals surface area (Å²) in [5, 5.41) is 8.12. The monoisotopic (exact) mass is 311 g/mol. The van der Waals surface area contributed by atoms with Gasteiger partial charge in [0.1, 0.15) is 4.21 Å². The molecular weight excluding hydrogens is 297 g/mol. The maximum atomic E-state index is 12.8. The van der Waals surface area contributed by atoms with E-state index in [0.29, 0.717) is 11.3 Å². The molecule has 0 radical (unpaired) electrons. The second-order valence-electron chi connectivity index (χ2n) is 3.83. The van der Waals surface area contributed by atoms with E-state index < -0.39 is 39.7 Å². The molecule has 19 heavy (non-hydrogen) atoms. The zero-order valence-corrected chi connectivity index (χ0v) is 11.9. The third-order valence-electron chi connectivity index (χ3n) is 2.45. The summed E-state index contributed by atoms with van der Waals surface area (Å²) in [5.74, 6) is -1.16. The number of carbonyl (C=O) groups is 1. The molecule has 0 spiro atoms. The predicted octanol–water partition coefficient (Wildman–Crippen LogP) is 1.04. The van der Waals surface area contributed by atoms with Crippen LogP contribution in [0.5, 0.6) is 0 Å². The van der Waals surface area contributed by atoms with E-state index >= 15 is 0 Å². The molecule has 108 valence electrons. The van der Waals surface area contributed by atoms with Crippen molar-refractivity contribution in [2.45, 2.75) is 29.7 Å². The quantitative estimate of drug-likeness (QED) is 0.785. The molecule has 0 aliphatic rings. The van der Waals surface area contributed by atoms with Crippen LogP contribution in [0.3, 0.4) is 0 Å². The molecular formula is C10H14FNO5S2. The van der Waals surface area contributed by atoms with Gasteiger partial charge in [-0.1, -0.05) is 11.3 Å². The zero-order valence-electron chi connectivity index (χ0n) is 10.3. The number of nitrogens with one attached hydrogen (secondary N) is 1. The molecule has 1 rings (SSSR count). The fourth-order valence-electron chi connectivity index (χ4n) is 1.36. The van der Waals surface area contributed by atoms with Crippen molar-refractivity contribution in [1.82, 2.24) is 4.72 Å². The average molecular weight is 311 g/mol.